The average molecular weight is 363 g/mol. The van der Waals surface area contributed by atoms with Crippen molar-refractivity contribution in [1.82, 2.24) is 5.32 Å². The molecule has 2 aromatic rings. The van der Waals surface area contributed by atoms with E-state index in [4.69, 9.17) is 11.6 Å². The quantitative estimate of drug-likeness (QED) is 0.755. The van der Waals surface area contributed by atoms with E-state index in [1.165, 1.54) is 12.1 Å². The topological polar surface area (TPSA) is 49.4 Å². The van der Waals surface area contributed by atoms with E-state index in [1.807, 2.05) is 6.92 Å². The Hall–Kier alpha value is -2.40. The van der Waals surface area contributed by atoms with Crippen molar-refractivity contribution in [2.45, 2.75) is 19.8 Å². The van der Waals surface area contributed by atoms with Crippen LogP contribution in [0.15, 0.2) is 48.5 Å². The molecule has 0 atom stereocenters. The summed E-state index contributed by atoms with van der Waals surface area (Å²) in [5.74, 6) is -0.595. The van der Waals surface area contributed by atoms with E-state index in [1.54, 1.807) is 41.3 Å². The van der Waals surface area contributed by atoms with Crippen molar-refractivity contribution in [3.05, 3.63) is 64.9 Å². The summed E-state index contributed by atoms with van der Waals surface area (Å²) in [5, 5.41) is 3.35. The van der Waals surface area contributed by atoms with Gasteiger partial charge in [-0.25, -0.2) is 4.39 Å². The monoisotopic (exact) mass is 362 g/mol. The highest BCUT2D eigenvalue weighted by atomic mass is 35.5. The molecule has 0 unspecified atom stereocenters. The number of carbonyl (C=O) groups excluding carboxylic acids is 2. The lowest BCUT2D eigenvalue weighted by Gasteiger charge is -2.21. The summed E-state index contributed by atoms with van der Waals surface area (Å²) in [4.78, 5) is 25.9. The third kappa shape index (κ3) is 5.57. The highest BCUT2D eigenvalue weighted by Gasteiger charge is 2.13. The van der Waals surface area contributed by atoms with Crippen LogP contribution in [0.3, 0.4) is 0 Å². The molecule has 0 saturated heterocycles. The van der Waals surface area contributed by atoms with Gasteiger partial charge in [-0.2, -0.15) is 0 Å². The van der Waals surface area contributed by atoms with Crippen LogP contribution in [0.25, 0.3) is 0 Å². The number of nitrogens with zero attached hydrogens (tertiary/aromatic N) is 1. The standard InChI is InChI=1S/C19H20ClFN2O2/c1-2-23(17-11-9-16(21)10-12-17)18(24)4-3-13-22-19(25)14-5-7-15(20)8-6-14/h5-12H,2-4,13H2,1H3,(H,22,25). The molecule has 6 heteroatoms. The Kier molecular flexibility index (Phi) is 6.95. The average Bonchev–Trinajstić information content (AvgIpc) is 2.61. The van der Waals surface area contributed by atoms with Crippen LogP contribution in [0.4, 0.5) is 10.1 Å². The Bertz CT molecular complexity index is 717. The maximum atomic E-state index is 13.0. The van der Waals surface area contributed by atoms with E-state index in [-0.39, 0.29) is 17.6 Å². The minimum Gasteiger partial charge on any atom is -0.352 e. The van der Waals surface area contributed by atoms with E-state index >= 15 is 0 Å². The van der Waals surface area contributed by atoms with Gasteiger partial charge in [0.05, 0.1) is 0 Å². The fourth-order valence-electron chi connectivity index (χ4n) is 2.40. The second kappa shape index (κ2) is 9.18. The summed E-state index contributed by atoms with van der Waals surface area (Å²) in [6.07, 6.45) is 0.821. The summed E-state index contributed by atoms with van der Waals surface area (Å²) in [6.45, 7) is 2.76. The Balaban J connectivity index is 1.80. The summed E-state index contributed by atoms with van der Waals surface area (Å²) in [6, 6.07) is 12.4. The highest BCUT2D eigenvalue weighted by Crippen LogP contribution is 2.16. The minimum atomic E-state index is -0.336. The van der Waals surface area contributed by atoms with Crippen molar-refractivity contribution in [1.29, 1.82) is 0 Å². The van der Waals surface area contributed by atoms with Gasteiger partial charge in [-0.3, -0.25) is 9.59 Å². The van der Waals surface area contributed by atoms with Gasteiger partial charge in [-0.05, 0) is 61.9 Å². The molecular formula is C19H20ClFN2O2. The molecule has 0 bridgehead atoms. The first-order valence-electron chi connectivity index (χ1n) is 8.11. The molecule has 0 fully saturated rings. The lowest BCUT2D eigenvalue weighted by atomic mass is 10.2. The summed E-state index contributed by atoms with van der Waals surface area (Å²) in [7, 11) is 0. The summed E-state index contributed by atoms with van der Waals surface area (Å²) < 4.78 is 13.0. The van der Waals surface area contributed by atoms with Crippen LogP contribution >= 0.6 is 11.6 Å². The van der Waals surface area contributed by atoms with E-state index in [9.17, 15) is 14.0 Å². The Morgan fingerprint density at radius 3 is 2.32 bits per heavy atom. The van der Waals surface area contributed by atoms with Crippen molar-refractivity contribution < 1.29 is 14.0 Å². The molecule has 0 aliphatic heterocycles. The van der Waals surface area contributed by atoms with Gasteiger partial charge in [0.1, 0.15) is 5.82 Å². The van der Waals surface area contributed by atoms with Crippen LogP contribution in [0.5, 0.6) is 0 Å². The first-order valence-corrected chi connectivity index (χ1v) is 8.48. The fraction of sp³-hybridized carbons (Fsp3) is 0.263. The minimum absolute atomic E-state index is 0.0603. The molecule has 2 aromatic carbocycles. The number of nitrogens with one attached hydrogen (secondary N) is 1. The lowest BCUT2D eigenvalue weighted by molar-refractivity contribution is -0.118. The van der Waals surface area contributed by atoms with Gasteiger partial charge in [0.25, 0.3) is 5.91 Å². The zero-order chi connectivity index (χ0) is 18.2. The Morgan fingerprint density at radius 1 is 1.08 bits per heavy atom. The van der Waals surface area contributed by atoms with Gasteiger partial charge in [-0.15, -0.1) is 0 Å². The van der Waals surface area contributed by atoms with Crippen molar-refractivity contribution >= 4 is 29.1 Å². The maximum Gasteiger partial charge on any atom is 0.251 e. The van der Waals surface area contributed by atoms with Crippen molar-refractivity contribution in [2.24, 2.45) is 0 Å². The number of hydrogen-bond donors (Lipinski definition) is 1. The van der Waals surface area contributed by atoms with E-state index in [2.05, 4.69) is 5.32 Å². The fourth-order valence-corrected chi connectivity index (χ4v) is 2.53. The molecule has 0 heterocycles. The molecule has 0 aromatic heterocycles. The number of benzene rings is 2. The summed E-state index contributed by atoms with van der Waals surface area (Å²) >= 11 is 5.79. The first-order chi connectivity index (χ1) is 12.0. The van der Waals surface area contributed by atoms with Crippen LogP contribution < -0.4 is 10.2 Å². The van der Waals surface area contributed by atoms with Crippen molar-refractivity contribution in [2.75, 3.05) is 18.0 Å². The molecule has 25 heavy (non-hydrogen) atoms. The molecule has 0 spiro atoms. The predicted molar refractivity (Wildman–Crippen MR) is 97.4 cm³/mol. The molecule has 1 N–H and O–H groups in total. The van der Waals surface area contributed by atoms with Gasteiger partial charge in [0.2, 0.25) is 5.91 Å². The normalized spacial score (nSPS) is 10.4. The lowest BCUT2D eigenvalue weighted by Crippen LogP contribution is -2.31. The van der Waals surface area contributed by atoms with Gasteiger partial charge in [0, 0.05) is 35.8 Å². The van der Waals surface area contributed by atoms with Gasteiger partial charge in [-0.1, -0.05) is 11.6 Å². The first kappa shape index (κ1) is 18.9. The number of rotatable bonds is 7. The maximum absolute atomic E-state index is 13.0. The second-order valence-corrected chi connectivity index (χ2v) is 5.92. The van der Waals surface area contributed by atoms with Crippen LogP contribution in [0.2, 0.25) is 5.02 Å². The van der Waals surface area contributed by atoms with E-state index in [0.29, 0.717) is 42.2 Å². The molecule has 0 radical (unpaired) electrons. The number of carbonyl (C=O) groups is 2. The molecule has 0 saturated carbocycles. The third-order valence-corrected chi connectivity index (χ3v) is 3.97. The number of halogens is 2. The van der Waals surface area contributed by atoms with Crippen molar-refractivity contribution in [3.63, 3.8) is 0 Å². The molecular weight excluding hydrogens is 343 g/mol. The predicted octanol–water partition coefficient (Wildman–Crippen LogP) is 4.04. The largest absolute Gasteiger partial charge is 0.352 e. The molecule has 132 valence electrons. The van der Waals surface area contributed by atoms with E-state index in [0.717, 1.165) is 0 Å². The Morgan fingerprint density at radius 2 is 1.72 bits per heavy atom. The zero-order valence-electron chi connectivity index (χ0n) is 14.0. The SMILES string of the molecule is CCN(C(=O)CCCNC(=O)c1ccc(Cl)cc1)c1ccc(F)cc1. The van der Waals surface area contributed by atoms with Crippen LogP contribution in [0.1, 0.15) is 30.1 Å². The number of amides is 2. The van der Waals surface area contributed by atoms with Crippen molar-refractivity contribution in [3.8, 4) is 0 Å². The molecule has 4 nitrogen and oxygen atoms in total. The molecule has 2 rings (SSSR count). The molecule has 0 aliphatic rings. The molecule has 2 amide bonds. The zero-order valence-corrected chi connectivity index (χ0v) is 14.7. The highest BCUT2D eigenvalue weighted by molar-refractivity contribution is 6.30. The second-order valence-electron chi connectivity index (χ2n) is 5.48. The number of hydrogen-bond acceptors (Lipinski definition) is 2. The van der Waals surface area contributed by atoms with Crippen LogP contribution in [-0.2, 0) is 4.79 Å². The summed E-state index contributed by atoms with van der Waals surface area (Å²) in [5.41, 5.74) is 1.19. The van der Waals surface area contributed by atoms with Crippen LogP contribution in [0, 0.1) is 5.82 Å². The molecule has 0 aliphatic carbocycles. The Labute approximate surface area is 151 Å². The van der Waals surface area contributed by atoms with Gasteiger partial charge in [0.15, 0.2) is 0 Å². The van der Waals surface area contributed by atoms with Crippen LogP contribution in [-0.4, -0.2) is 24.9 Å². The number of anilines is 1. The smallest absolute Gasteiger partial charge is 0.251 e. The third-order valence-electron chi connectivity index (χ3n) is 3.71. The van der Waals surface area contributed by atoms with E-state index < -0.39 is 0 Å². The van der Waals surface area contributed by atoms with Gasteiger partial charge >= 0.3 is 0 Å². The van der Waals surface area contributed by atoms with Gasteiger partial charge < -0.3 is 10.2 Å².